The van der Waals surface area contributed by atoms with E-state index < -0.39 is 0 Å². The highest BCUT2D eigenvalue weighted by atomic mass is 32.1. The highest BCUT2D eigenvalue weighted by Crippen LogP contribution is 2.16. The molecule has 92 valence electrons. The largest absolute Gasteiger partial charge is 0.389 e. The van der Waals surface area contributed by atoms with Crippen molar-refractivity contribution in [3.8, 4) is 0 Å². The molecule has 0 aliphatic carbocycles. The Hall–Kier alpha value is -1.27. The van der Waals surface area contributed by atoms with Crippen LogP contribution in [-0.4, -0.2) is 34.9 Å². The topological polar surface area (TPSA) is 73.1 Å². The van der Waals surface area contributed by atoms with Crippen molar-refractivity contribution in [1.82, 2.24) is 10.2 Å². The van der Waals surface area contributed by atoms with Gasteiger partial charge in [-0.05, 0) is 24.8 Å². The van der Waals surface area contributed by atoms with Gasteiger partial charge in [0.25, 0.3) is 0 Å². The van der Waals surface area contributed by atoms with Crippen molar-refractivity contribution < 1.29 is 4.74 Å². The molecule has 0 amide bonds. The molecule has 1 aliphatic heterocycles. The van der Waals surface area contributed by atoms with Crippen molar-refractivity contribution in [1.29, 1.82) is 0 Å². The molecule has 0 saturated carbocycles. The van der Waals surface area contributed by atoms with E-state index in [9.17, 15) is 0 Å². The van der Waals surface area contributed by atoms with Crippen molar-refractivity contribution in [2.75, 3.05) is 25.1 Å². The molecule has 1 fully saturated rings. The Bertz CT molecular complexity index is 393. The number of thiocarbonyl (C=S) groups is 1. The smallest absolute Gasteiger partial charge is 0.158 e. The molecule has 0 unspecified atom stereocenters. The van der Waals surface area contributed by atoms with Crippen LogP contribution in [-0.2, 0) is 4.74 Å². The normalized spacial score (nSPS) is 16.7. The Balaban J connectivity index is 1.96. The summed E-state index contributed by atoms with van der Waals surface area (Å²) in [5.41, 5.74) is 6.38. The number of ether oxygens (including phenoxy) is 1. The first kappa shape index (κ1) is 12.2. The van der Waals surface area contributed by atoms with E-state index >= 15 is 0 Å². The summed E-state index contributed by atoms with van der Waals surface area (Å²) in [5, 5.41) is 11.1. The minimum absolute atomic E-state index is 0.342. The molecule has 1 aromatic heterocycles. The minimum Gasteiger partial charge on any atom is -0.389 e. The first-order valence-electron chi connectivity index (χ1n) is 5.70. The summed E-state index contributed by atoms with van der Waals surface area (Å²) >= 11 is 4.97. The predicted molar refractivity (Wildman–Crippen MR) is 70.0 cm³/mol. The lowest BCUT2D eigenvalue weighted by Gasteiger charge is -2.22. The van der Waals surface area contributed by atoms with E-state index in [4.69, 9.17) is 22.7 Å². The van der Waals surface area contributed by atoms with Crippen LogP contribution in [0.1, 0.15) is 18.4 Å². The van der Waals surface area contributed by atoms with Gasteiger partial charge in [-0.2, -0.15) is 5.10 Å². The van der Waals surface area contributed by atoms with Crippen LogP contribution < -0.4 is 11.1 Å². The molecule has 0 radical (unpaired) electrons. The summed E-state index contributed by atoms with van der Waals surface area (Å²) in [5.74, 6) is 1.29. The van der Waals surface area contributed by atoms with Crippen LogP contribution in [0.2, 0.25) is 0 Å². The van der Waals surface area contributed by atoms with E-state index in [2.05, 4.69) is 15.5 Å². The fourth-order valence-corrected chi connectivity index (χ4v) is 2.02. The van der Waals surface area contributed by atoms with Crippen LogP contribution in [0, 0.1) is 5.92 Å². The number of anilines is 1. The van der Waals surface area contributed by atoms with E-state index in [1.165, 1.54) is 0 Å². The fourth-order valence-electron chi connectivity index (χ4n) is 1.85. The minimum atomic E-state index is 0.342. The number of hydrogen-bond donors (Lipinski definition) is 2. The maximum Gasteiger partial charge on any atom is 0.158 e. The summed E-state index contributed by atoms with van der Waals surface area (Å²) in [6.07, 6.45) is 3.75. The van der Waals surface area contributed by atoms with Gasteiger partial charge >= 0.3 is 0 Å². The summed E-state index contributed by atoms with van der Waals surface area (Å²) in [4.78, 5) is 0.342. The van der Waals surface area contributed by atoms with Gasteiger partial charge in [0, 0.05) is 19.8 Å². The Morgan fingerprint density at radius 3 is 3.00 bits per heavy atom. The Morgan fingerprint density at radius 1 is 1.53 bits per heavy atom. The number of nitrogens with two attached hydrogens (primary N) is 1. The zero-order valence-electron chi connectivity index (χ0n) is 9.56. The molecule has 1 saturated heterocycles. The number of hydrogen-bond acceptors (Lipinski definition) is 5. The predicted octanol–water partition coefficient (Wildman–Crippen LogP) is 0.949. The molecule has 17 heavy (non-hydrogen) atoms. The molecule has 0 spiro atoms. The van der Waals surface area contributed by atoms with Gasteiger partial charge in [0.1, 0.15) is 4.99 Å². The molecule has 1 aliphatic rings. The first-order chi connectivity index (χ1) is 8.27. The van der Waals surface area contributed by atoms with Crippen LogP contribution in [0.4, 0.5) is 5.82 Å². The molecule has 6 heteroatoms. The average Bonchev–Trinajstić information content (AvgIpc) is 2.38. The lowest BCUT2D eigenvalue weighted by molar-refractivity contribution is 0.0699. The second-order valence-electron chi connectivity index (χ2n) is 4.09. The molecule has 3 N–H and O–H groups in total. The maximum atomic E-state index is 5.63. The number of nitrogens with one attached hydrogen (secondary N) is 1. The van der Waals surface area contributed by atoms with Gasteiger partial charge in [-0.15, -0.1) is 5.10 Å². The van der Waals surface area contributed by atoms with Crippen LogP contribution >= 0.6 is 12.2 Å². The molecule has 0 aromatic carbocycles. The maximum absolute atomic E-state index is 5.63. The van der Waals surface area contributed by atoms with Crippen molar-refractivity contribution in [3.63, 3.8) is 0 Å². The Morgan fingerprint density at radius 2 is 2.29 bits per heavy atom. The summed E-state index contributed by atoms with van der Waals surface area (Å²) in [6, 6.07) is 1.78. The van der Waals surface area contributed by atoms with Crippen molar-refractivity contribution in [2.45, 2.75) is 12.8 Å². The van der Waals surface area contributed by atoms with E-state index in [0.29, 0.717) is 16.7 Å². The van der Waals surface area contributed by atoms with E-state index in [1.807, 2.05) is 0 Å². The van der Waals surface area contributed by atoms with Crippen molar-refractivity contribution in [2.24, 2.45) is 11.7 Å². The van der Waals surface area contributed by atoms with Gasteiger partial charge in [0.2, 0.25) is 0 Å². The molecule has 1 aromatic rings. The van der Waals surface area contributed by atoms with Gasteiger partial charge < -0.3 is 15.8 Å². The van der Waals surface area contributed by atoms with Crippen LogP contribution in [0.5, 0.6) is 0 Å². The fraction of sp³-hybridized carbons (Fsp3) is 0.545. The SMILES string of the molecule is NC(=S)c1ccnnc1NCC1CCOCC1. The highest BCUT2D eigenvalue weighted by molar-refractivity contribution is 7.80. The van der Waals surface area contributed by atoms with Crippen LogP contribution in [0.3, 0.4) is 0 Å². The van der Waals surface area contributed by atoms with Crippen LogP contribution in [0.15, 0.2) is 12.3 Å². The quantitative estimate of drug-likeness (QED) is 0.777. The summed E-state index contributed by atoms with van der Waals surface area (Å²) in [6.45, 7) is 2.54. The Labute approximate surface area is 106 Å². The van der Waals surface area contributed by atoms with Gasteiger partial charge in [-0.25, -0.2) is 0 Å². The zero-order valence-corrected chi connectivity index (χ0v) is 10.4. The van der Waals surface area contributed by atoms with Gasteiger partial charge in [0.15, 0.2) is 5.82 Å². The summed E-state index contributed by atoms with van der Waals surface area (Å²) in [7, 11) is 0. The molecule has 0 atom stereocenters. The lowest BCUT2D eigenvalue weighted by atomic mass is 10.0. The zero-order chi connectivity index (χ0) is 12.1. The van der Waals surface area contributed by atoms with E-state index in [-0.39, 0.29) is 0 Å². The number of aromatic nitrogens is 2. The third-order valence-electron chi connectivity index (χ3n) is 2.89. The first-order valence-corrected chi connectivity index (χ1v) is 6.11. The van der Waals surface area contributed by atoms with Gasteiger partial charge in [-0.3, -0.25) is 0 Å². The number of rotatable bonds is 4. The average molecular weight is 252 g/mol. The summed E-state index contributed by atoms with van der Waals surface area (Å²) < 4.78 is 5.32. The molecular weight excluding hydrogens is 236 g/mol. The molecule has 0 bridgehead atoms. The monoisotopic (exact) mass is 252 g/mol. The van der Waals surface area contributed by atoms with Crippen LogP contribution in [0.25, 0.3) is 0 Å². The molecular formula is C11H16N4OS. The van der Waals surface area contributed by atoms with Gasteiger partial charge in [-0.1, -0.05) is 12.2 Å². The third-order valence-corrected chi connectivity index (χ3v) is 3.11. The highest BCUT2D eigenvalue weighted by Gasteiger charge is 2.14. The number of nitrogens with zero attached hydrogens (tertiary/aromatic N) is 2. The third kappa shape index (κ3) is 3.34. The molecule has 5 nitrogen and oxygen atoms in total. The second-order valence-corrected chi connectivity index (χ2v) is 4.53. The standard InChI is InChI=1S/C11H16N4OS/c12-10(17)9-1-4-14-15-11(9)13-7-8-2-5-16-6-3-8/h1,4,8H,2-3,5-7H2,(H2,12,17)(H,13,15). The molecule has 2 heterocycles. The molecule has 2 rings (SSSR count). The second kappa shape index (κ2) is 5.88. The van der Waals surface area contributed by atoms with E-state index in [1.54, 1.807) is 12.3 Å². The van der Waals surface area contributed by atoms with Crippen molar-refractivity contribution >= 4 is 23.0 Å². The van der Waals surface area contributed by atoms with Crippen molar-refractivity contribution in [3.05, 3.63) is 17.8 Å². The Kier molecular flexibility index (Phi) is 4.22. The van der Waals surface area contributed by atoms with E-state index in [0.717, 1.165) is 38.2 Å². The lowest BCUT2D eigenvalue weighted by Crippen LogP contribution is -2.24. The van der Waals surface area contributed by atoms with Gasteiger partial charge in [0.05, 0.1) is 11.8 Å².